The lowest BCUT2D eigenvalue weighted by atomic mass is 10.2. The first-order chi connectivity index (χ1) is 9.72. The zero-order chi connectivity index (χ0) is 14.4. The van der Waals surface area contributed by atoms with E-state index in [4.69, 9.17) is 14.6 Å². The molecule has 112 valence electrons. The lowest BCUT2D eigenvalue weighted by molar-refractivity contribution is 0.170. The molecule has 1 saturated carbocycles. The van der Waals surface area contributed by atoms with Crippen LogP contribution in [0.2, 0.25) is 0 Å². The first-order valence-corrected chi connectivity index (χ1v) is 7.45. The summed E-state index contributed by atoms with van der Waals surface area (Å²) in [6, 6.07) is 6.76. The van der Waals surface area contributed by atoms with E-state index >= 15 is 0 Å². The van der Waals surface area contributed by atoms with Crippen LogP contribution in [-0.2, 0) is 6.54 Å². The smallest absolute Gasteiger partial charge is 0.161 e. The molecule has 1 fully saturated rings. The zero-order valence-corrected chi connectivity index (χ0v) is 12.4. The largest absolute Gasteiger partial charge is 0.490 e. The van der Waals surface area contributed by atoms with Gasteiger partial charge in [-0.3, -0.25) is 0 Å². The van der Waals surface area contributed by atoms with Crippen LogP contribution in [0.5, 0.6) is 11.5 Å². The van der Waals surface area contributed by atoms with Gasteiger partial charge >= 0.3 is 0 Å². The monoisotopic (exact) mass is 279 g/mol. The molecule has 20 heavy (non-hydrogen) atoms. The Morgan fingerprint density at radius 3 is 2.75 bits per heavy atom. The van der Waals surface area contributed by atoms with E-state index in [0.29, 0.717) is 19.3 Å². The quantitative estimate of drug-likeness (QED) is 0.728. The molecular weight excluding hydrogens is 254 g/mol. The minimum absolute atomic E-state index is 0.126. The molecular formula is C16H25NO3. The van der Waals surface area contributed by atoms with Crippen LogP contribution in [-0.4, -0.2) is 31.0 Å². The highest BCUT2D eigenvalue weighted by atomic mass is 16.5. The summed E-state index contributed by atoms with van der Waals surface area (Å²) in [6.45, 7) is 6.04. The second kappa shape index (κ2) is 7.50. The van der Waals surface area contributed by atoms with Gasteiger partial charge in [-0.25, -0.2) is 0 Å². The van der Waals surface area contributed by atoms with Crippen molar-refractivity contribution < 1.29 is 14.6 Å². The number of hydrogen-bond acceptors (Lipinski definition) is 4. The van der Waals surface area contributed by atoms with Crippen LogP contribution in [0.25, 0.3) is 0 Å². The molecule has 4 nitrogen and oxygen atoms in total. The molecule has 0 radical (unpaired) electrons. The van der Waals surface area contributed by atoms with E-state index in [1.54, 1.807) is 0 Å². The Morgan fingerprint density at radius 2 is 2.10 bits per heavy atom. The average Bonchev–Trinajstić information content (AvgIpc) is 3.28. The predicted molar refractivity (Wildman–Crippen MR) is 79.2 cm³/mol. The Labute approximate surface area is 121 Å². The molecule has 0 bridgehead atoms. The number of aliphatic hydroxyl groups is 1. The summed E-state index contributed by atoms with van der Waals surface area (Å²) in [5, 5.41) is 12.5. The third-order valence-electron chi connectivity index (χ3n) is 3.32. The van der Waals surface area contributed by atoms with Crippen LogP contribution < -0.4 is 14.8 Å². The Kier molecular flexibility index (Phi) is 5.68. The summed E-state index contributed by atoms with van der Waals surface area (Å²) >= 11 is 0. The second-order valence-corrected chi connectivity index (χ2v) is 5.47. The predicted octanol–water partition coefficient (Wildman–Crippen LogP) is 2.34. The van der Waals surface area contributed by atoms with Crippen molar-refractivity contribution in [2.45, 2.75) is 39.3 Å². The SMILES string of the molecule is CCOc1cc(CNC2CC2)ccc1OCC(C)CO. The van der Waals surface area contributed by atoms with Crippen LogP contribution >= 0.6 is 0 Å². The number of nitrogens with one attached hydrogen (secondary N) is 1. The summed E-state index contributed by atoms with van der Waals surface area (Å²) in [5.74, 6) is 1.66. The Bertz CT molecular complexity index is 418. The van der Waals surface area contributed by atoms with Gasteiger partial charge in [0.1, 0.15) is 0 Å². The maximum atomic E-state index is 9.04. The van der Waals surface area contributed by atoms with Gasteiger partial charge in [-0.1, -0.05) is 13.0 Å². The summed E-state index contributed by atoms with van der Waals surface area (Å²) in [5.41, 5.74) is 1.21. The Balaban J connectivity index is 1.97. The van der Waals surface area contributed by atoms with Crippen LogP contribution in [0.15, 0.2) is 18.2 Å². The molecule has 2 rings (SSSR count). The van der Waals surface area contributed by atoms with Crippen LogP contribution in [0.4, 0.5) is 0 Å². The van der Waals surface area contributed by atoms with E-state index in [0.717, 1.165) is 18.0 Å². The maximum Gasteiger partial charge on any atom is 0.161 e. The topological polar surface area (TPSA) is 50.7 Å². The minimum Gasteiger partial charge on any atom is -0.490 e. The fraction of sp³-hybridized carbons (Fsp3) is 0.625. The third-order valence-corrected chi connectivity index (χ3v) is 3.32. The second-order valence-electron chi connectivity index (χ2n) is 5.47. The summed E-state index contributed by atoms with van der Waals surface area (Å²) in [4.78, 5) is 0. The number of ether oxygens (including phenoxy) is 2. The van der Waals surface area contributed by atoms with Crippen molar-refractivity contribution in [2.24, 2.45) is 5.92 Å². The fourth-order valence-electron chi connectivity index (χ4n) is 1.88. The number of aliphatic hydroxyl groups excluding tert-OH is 1. The van der Waals surface area contributed by atoms with Gasteiger partial charge in [0, 0.05) is 25.1 Å². The molecule has 0 heterocycles. The Hall–Kier alpha value is -1.26. The average molecular weight is 279 g/mol. The molecule has 1 aromatic carbocycles. The highest BCUT2D eigenvalue weighted by Gasteiger charge is 2.20. The van der Waals surface area contributed by atoms with E-state index in [1.807, 2.05) is 26.0 Å². The third kappa shape index (κ3) is 4.69. The Morgan fingerprint density at radius 1 is 1.30 bits per heavy atom. The van der Waals surface area contributed by atoms with Gasteiger partial charge in [0.25, 0.3) is 0 Å². The highest BCUT2D eigenvalue weighted by Crippen LogP contribution is 2.29. The molecule has 0 saturated heterocycles. The molecule has 0 aliphatic heterocycles. The van der Waals surface area contributed by atoms with Crippen molar-refractivity contribution in [3.8, 4) is 11.5 Å². The molecule has 1 aliphatic rings. The van der Waals surface area contributed by atoms with Gasteiger partial charge in [0.05, 0.1) is 13.2 Å². The molecule has 1 unspecified atom stereocenters. The van der Waals surface area contributed by atoms with E-state index in [2.05, 4.69) is 11.4 Å². The van der Waals surface area contributed by atoms with Crippen LogP contribution in [0.1, 0.15) is 32.3 Å². The van der Waals surface area contributed by atoms with E-state index in [9.17, 15) is 0 Å². The standard InChI is InChI=1S/C16H25NO3/c1-3-19-16-8-13(9-17-14-5-6-14)4-7-15(16)20-11-12(2)10-18/h4,7-8,12,14,17-18H,3,5-6,9-11H2,1-2H3. The van der Waals surface area contributed by atoms with Gasteiger partial charge in [-0.05, 0) is 37.5 Å². The minimum atomic E-state index is 0.126. The van der Waals surface area contributed by atoms with Crippen molar-refractivity contribution in [1.82, 2.24) is 5.32 Å². The molecule has 0 spiro atoms. The van der Waals surface area contributed by atoms with Crippen LogP contribution in [0, 0.1) is 5.92 Å². The van der Waals surface area contributed by atoms with Crippen molar-refractivity contribution in [1.29, 1.82) is 0 Å². The molecule has 2 N–H and O–H groups in total. The van der Waals surface area contributed by atoms with Gasteiger partial charge in [0.15, 0.2) is 11.5 Å². The number of hydrogen-bond donors (Lipinski definition) is 2. The van der Waals surface area contributed by atoms with E-state index in [-0.39, 0.29) is 12.5 Å². The van der Waals surface area contributed by atoms with E-state index in [1.165, 1.54) is 18.4 Å². The first-order valence-electron chi connectivity index (χ1n) is 7.45. The van der Waals surface area contributed by atoms with E-state index < -0.39 is 0 Å². The summed E-state index contributed by atoms with van der Waals surface area (Å²) < 4.78 is 11.4. The highest BCUT2D eigenvalue weighted by molar-refractivity contribution is 5.43. The van der Waals surface area contributed by atoms with Crippen LogP contribution in [0.3, 0.4) is 0 Å². The van der Waals surface area contributed by atoms with Gasteiger partial charge in [-0.15, -0.1) is 0 Å². The van der Waals surface area contributed by atoms with Gasteiger partial charge in [-0.2, -0.15) is 0 Å². The molecule has 4 heteroatoms. The lowest BCUT2D eigenvalue weighted by Crippen LogP contribution is -2.16. The maximum absolute atomic E-state index is 9.04. The summed E-state index contributed by atoms with van der Waals surface area (Å²) in [6.07, 6.45) is 2.58. The lowest BCUT2D eigenvalue weighted by Gasteiger charge is -2.15. The van der Waals surface area contributed by atoms with Gasteiger partial charge in [0.2, 0.25) is 0 Å². The molecule has 1 aliphatic carbocycles. The number of rotatable bonds is 9. The molecule has 1 aromatic rings. The molecule has 0 aromatic heterocycles. The normalized spacial score (nSPS) is 15.9. The zero-order valence-electron chi connectivity index (χ0n) is 12.4. The summed E-state index contributed by atoms with van der Waals surface area (Å²) in [7, 11) is 0. The molecule has 1 atom stereocenters. The van der Waals surface area contributed by atoms with Crippen molar-refractivity contribution in [3.05, 3.63) is 23.8 Å². The first kappa shape index (κ1) is 15.1. The fourth-order valence-corrected chi connectivity index (χ4v) is 1.88. The van der Waals surface area contributed by atoms with Crippen molar-refractivity contribution >= 4 is 0 Å². The molecule has 0 amide bonds. The van der Waals surface area contributed by atoms with Crippen molar-refractivity contribution in [2.75, 3.05) is 19.8 Å². The number of benzene rings is 1. The van der Waals surface area contributed by atoms with Crippen molar-refractivity contribution in [3.63, 3.8) is 0 Å². The van der Waals surface area contributed by atoms with Gasteiger partial charge < -0.3 is 19.9 Å².